The molecule has 0 saturated carbocycles. The van der Waals surface area contributed by atoms with Gasteiger partial charge in [-0.15, -0.1) is 0 Å². The lowest BCUT2D eigenvalue weighted by Crippen LogP contribution is -2.48. The fraction of sp³-hybridized carbons (Fsp3) is 0.588. The number of ether oxygens (including phenoxy) is 3. The molecule has 0 atom stereocenters. The Balaban J connectivity index is 1.45. The van der Waals surface area contributed by atoms with E-state index < -0.39 is 0 Å². The maximum atomic E-state index is 12.1. The maximum absolute atomic E-state index is 12.1. The minimum Gasteiger partial charge on any atom is -0.454 e. The summed E-state index contributed by atoms with van der Waals surface area (Å²) in [7, 11) is 0. The quantitative estimate of drug-likeness (QED) is 0.743. The van der Waals surface area contributed by atoms with Crippen LogP contribution in [0, 0.1) is 0 Å². The number of carbonyl (C=O) groups excluding carboxylic acids is 1. The number of hydrogen-bond acceptors (Lipinski definition) is 5. The van der Waals surface area contributed by atoms with Gasteiger partial charge >= 0.3 is 0 Å². The highest BCUT2D eigenvalue weighted by molar-refractivity contribution is 5.76. The van der Waals surface area contributed by atoms with Crippen molar-refractivity contribution in [3.05, 3.63) is 23.8 Å². The second-order valence-electron chi connectivity index (χ2n) is 5.79. The van der Waals surface area contributed by atoms with Gasteiger partial charge < -0.3 is 19.1 Å². The van der Waals surface area contributed by atoms with Gasteiger partial charge in [-0.05, 0) is 24.6 Å². The van der Waals surface area contributed by atoms with Gasteiger partial charge in [-0.25, -0.2) is 0 Å². The molecule has 0 aliphatic carbocycles. The number of amides is 1. The predicted octanol–water partition coefficient (Wildman–Crippen LogP) is 1.49. The predicted molar refractivity (Wildman–Crippen MR) is 85.5 cm³/mol. The molecule has 6 nitrogen and oxygen atoms in total. The summed E-state index contributed by atoms with van der Waals surface area (Å²) in [6.07, 6.45) is 0.482. The van der Waals surface area contributed by atoms with Crippen LogP contribution >= 0.6 is 0 Å². The van der Waals surface area contributed by atoms with Crippen molar-refractivity contribution in [2.24, 2.45) is 0 Å². The number of hydrogen-bond donors (Lipinski definition) is 0. The van der Waals surface area contributed by atoms with Crippen LogP contribution in [0.3, 0.4) is 0 Å². The lowest BCUT2D eigenvalue weighted by Gasteiger charge is -2.34. The van der Waals surface area contributed by atoms with Gasteiger partial charge in [0.05, 0.1) is 13.0 Å². The van der Waals surface area contributed by atoms with Crippen LogP contribution in [-0.2, 0) is 16.1 Å². The third kappa shape index (κ3) is 4.14. The monoisotopic (exact) mass is 320 g/mol. The number of nitrogens with zero attached hydrogens (tertiary/aromatic N) is 2. The fourth-order valence-corrected chi connectivity index (χ4v) is 2.91. The molecule has 1 amide bonds. The van der Waals surface area contributed by atoms with E-state index in [0.29, 0.717) is 26.4 Å². The molecule has 3 rings (SSSR count). The molecule has 0 bridgehead atoms. The van der Waals surface area contributed by atoms with Crippen molar-refractivity contribution in [2.45, 2.75) is 19.9 Å². The van der Waals surface area contributed by atoms with Gasteiger partial charge in [-0.3, -0.25) is 9.69 Å². The zero-order chi connectivity index (χ0) is 16.1. The lowest BCUT2D eigenvalue weighted by molar-refractivity contribution is -0.134. The summed E-state index contributed by atoms with van der Waals surface area (Å²) in [4.78, 5) is 16.4. The molecular weight excluding hydrogens is 296 g/mol. The topological polar surface area (TPSA) is 51.2 Å². The highest BCUT2D eigenvalue weighted by atomic mass is 16.7. The normalized spacial score (nSPS) is 17.5. The van der Waals surface area contributed by atoms with Crippen LogP contribution in [0.5, 0.6) is 11.5 Å². The first kappa shape index (κ1) is 16.1. The van der Waals surface area contributed by atoms with Crippen molar-refractivity contribution >= 4 is 5.91 Å². The second-order valence-corrected chi connectivity index (χ2v) is 5.79. The molecule has 2 aliphatic rings. The maximum Gasteiger partial charge on any atom is 0.231 e. The highest BCUT2D eigenvalue weighted by Crippen LogP contribution is 2.32. The van der Waals surface area contributed by atoms with E-state index in [2.05, 4.69) is 11.0 Å². The third-order valence-electron chi connectivity index (χ3n) is 4.23. The minimum absolute atomic E-state index is 0.196. The summed E-state index contributed by atoms with van der Waals surface area (Å²) in [6.45, 7) is 7.68. The van der Waals surface area contributed by atoms with Crippen molar-refractivity contribution in [1.29, 1.82) is 0 Å². The molecule has 23 heavy (non-hydrogen) atoms. The largest absolute Gasteiger partial charge is 0.454 e. The summed E-state index contributed by atoms with van der Waals surface area (Å²) >= 11 is 0. The molecule has 1 fully saturated rings. The van der Waals surface area contributed by atoms with Crippen LogP contribution in [0.1, 0.15) is 18.9 Å². The van der Waals surface area contributed by atoms with Crippen LogP contribution in [0.2, 0.25) is 0 Å². The van der Waals surface area contributed by atoms with E-state index in [9.17, 15) is 4.79 Å². The Bertz CT molecular complexity index is 541. The summed E-state index contributed by atoms with van der Waals surface area (Å²) < 4.78 is 16.0. The van der Waals surface area contributed by atoms with Crippen molar-refractivity contribution in [1.82, 2.24) is 9.80 Å². The molecule has 0 aromatic heterocycles. The Hall–Kier alpha value is -1.79. The van der Waals surface area contributed by atoms with E-state index in [1.807, 2.05) is 24.0 Å². The summed E-state index contributed by atoms with van der Waals surface area (Å²) in [5.74, 6) is 1.84. The summed E-state index contributed by atoms with van der Waals surface area (Å²) in [6, 6.07) is 6.08. The molecule has 1 saturated heterocycles. The second kappa shape index (κ2) is 7.66. The van der Waals surface area contributed by atoms with Crippen molar-refractivity contribution < 1.29 is 19.0 Å². The Morgan fingerprint density at radius 2 is 1.96 bits per heavy atom. The average molecular weight is 320 g/mol. The van der Waals surface area contributed by atoms with Gasteiger partial charge in [-0.2, -0.15) is 0 Å². The molecule has 1 aromatic carbocycles. The lowest BCUT2D eigenvalue weighted by atomic mass is 10.1. The van der Waals surface area contributed by atoms with Crippen molar-refractivity contribution in [2.75, 3.05) is 46.2 Å². The first-order valence-electron chi connectivity index (χ1n) is 8.22. The van der Waals surface area contributed by atoms with Crippen LogP contribution in [0.25, 0.3) is 0 Å². The van der Waals surface area contributed by atoms with Crippen LogP contribution in [0.4, 0.5) is 0 Å². The van der Waals surface area contributed by atoms with E-state index in [4.69, 9.17) is 14.2 Å². The zero-order valence-electron chi connectivity index (χ0n) is 13.6. The van der Waals surface area contributed by atoms with Gasteiger partial charge in [0.15, 0.2) is 11.5 Å². The first-order chi connectivity index (χ1) is 11.3. The number of piperazine rings is 1. The van der Waals surface area contributed by atoms with Crippen molar-refractivity contribution in [3.8, 4) is 11.5 Å². The first-order valence-corrected chi connectivity index (χ1v) is 8.22. The number of carbonyl (C=O) groups is 1. The molecule has 1 aromatic rings. The Labute approximate surface area is 136 Å². The zero-order valence-corrected chi connectivity index (χ0v) is 13.6. The molecule has 2 aliphatic heterocycles. The molecule has 126 valence electrons. The van der Waals surface area contributed by atoms with Gasteiger partial charge in [-0.1, -0.05) is 6.07 Å². The Morgan fingerprint density at radius 3 is 2.74 bits per heavy atom. The van der Waals surface area contributed by atoms with E-state index >= 15 is 0 Å². The summed E-state index contributed by atoms with van der Waals surface area (Å²) in [5, 5.41) is 0. The Kier molecular flexibility index (Phi) is 5.35. The molecule has 2 heterocycles. The van der Waals surface area contributed by atoms with E-state index in [1.54, 1.807) is 0 Å². The molecule has 0 radical (unpaired) electrons. The molecular formula is C17H24N2O4. The molecule has 0 N–H and O–H groups in total. The van der Waals surface area contributed by atoms with Crippen molar-refractivity contribution in [3.63, 3.8) is 0 Å². The average Bonchev–Trinajstić information content (AvgIpc) is 3.03. The Morgan fingerprint density at radius 1 is 1.17 bits per heavy atom. The highest BCUT2D eigenvalue weighted by Gasteiger charge is 2.21. The number of fused-ring (bicyclic) bond motifs is 1. The van der Waals surface area contributed by atoms with Gasteiger partial charge in [0.2, 0.25) is 12.7 Å². The van der Waals surface area contributed by atoms with E-state index in [1.165, 1.54) is 5.56 Å². The molecule has 0 spiro atoms. The standard InChI is InChI=1S/C17H24N2O4/c1-2-21-10-5-17(20)19-8-6-18(7-9-19)12-14-3-4-15-16(11-14)23-13-22-15/h3-4,11H,2,5-10,12-13H2,1H3. The van der Waals surface area contributed by atoms with Gasteiger partial charge in [0.25, 0.3) is 0 Å². The number of rotatable bonds is 6. The minimum atomic E-state index is 0.196. The van der Waals surface area contributed by atoms with Crippen LogP contribution in [0.15, 0.2) is 18.2 Å². The summed E-state index contributed by atoms with van der Waals surface area (Å²) in [5.41, 5.74) is 1.21. The van der Waals surface area contributed by atoms with Crippen LogP contribution < -0.4 is 9.47 Å². The van der Waals surface area contributed by atoms with E-state index in [0.717, 1.165) is 44.2 Å². The fourth-order valence-electron chi connectivity index (χ4n) is 2.91. The van der Waals surface area contributed by atoms with Gasteiger partial charge in [0, 0.05) is 39.3 Å². The third-order valence-corrected chi connectivity index (χ3v) is 4.23. The molecule has 0 unspecified atom stereocenters. The molecule has 6 heteroatoms. The van der Waals surface area contributed by atoms with Gasteiger partial charge in [0.1, 0.15) is 0 Å². The number of benzene rings is 1. The SMILES string of the molecule is CCOCCC(=O)N1CCN(Cc2ccc3c(c2)OCO3)CC1. The smallest absolute Gasteiger partial charge is 0.231 e. The van der Waals surface area contributed by atoms with Crippen LogP contribution in [-0.4, -0.2) is 61.9 Å². The van der Waals surface area contributed by atoms with E-state index in [-0.39, 0.29) is 5.91 Å².